The fourth-order valence-corrected chi connectivity index (χ4v) is 1.57. The van der Waals surface area contributed by atoms with E-state index in [9.17, 15) is 4.79 Å². The molecule has 0 atom stereocenters. The Balaban J connectivity index is 2.45. The maximum absolute atomic E-state index is 10.7. The lowest BCUT2D eigenvalue weighted by Crippen LogP contribution is -1.95. The van der Waals surface area contributed by atoms with Crippen molar-refractivity contribution >= 4 is 28.6 Å². The van der Waals surface area contributed by atoms with Crippen molar-refractivity contribution in [3.05, 3.63) is 39.9 Å². The zero-order valence-corrected chi connectivity index (χ0v) is 9.63. The first-order valence-electron chi connectivity index (χ1n) is 4.12. The Bertz CT molecular complexity index is 507. The van der Waals surface area contributed by atoms with E-state index in [-0.39, 0.29) is 5.56 Å². The van der Waals surface area contributed by atoms with Crippen LogP contribution in [-0.4, -0.2) is 16.1 Å². The predicted octanol–water partition coefficient (Wildman–Crippen LogP) is 2.64. The molecule has 0 aliphatic rings. The SMILES string of the molecule is O=C(O)c1cccc(-c2cnc(I)o2)c1. The normalized spacial score (nSPS) is 10.2. The number of benzene rings is 1. The molecule has 0 unspecified atom stereocenters. The van der Waals surface area contributed by atoms with Gasteiger partial charge in [0.05, 0.1) is 11.8 Å². The zero-order chi connectivity index (χ0) is 10.8. The van der Waals surface area contributed by atoms with Crippen LogP contribution in [0.25, 0.3) is 11.3 Å². The molecule has 0 radical (unpaired) electrons. The summed E-state index contributed by atoms with van der Waals surface area (Å²) in [7, 11) is 0. The van der Waals surface area contributed by atoms with E-state index in [0.717, 1.165) is 0 Å². The smallest absolute Gasteiger partial charge is 0.335 e. The molecule has 1 aromatic carbocycles. The molecule has 0 aliphatic carbocycles. The number of rotatable bonds is 2. The number of carboxylic acids is 1. The van der Waals surface area contributed by atoms with E-state index < -0.39 is 5.97 Å². The van der Waals surface area contributed by atoms with Crippen molar-refractivity contribution in [2.75, 3.05) is 0 Å². The van der Waals surface area contributed by atoms with Crippen molar-refractivity contribution in [2.24, 2.45) is 0 Å². The van der Waals surface area contributed by atoms with Gasteiger partial charge < -0.3 is 9.52 Å². The van der Waals surface area contributed by atoms with Gasteiger partial charge in [-0.25, -0.2) is 9.78 Å². The molecule has 0 amide bonds. The number of carbonyl (C=O) groups is 1. The fourth-order valence-electron chi connectivity index (χ4n) is 1.19. The van der Waals surface area contributed by atoms with Gasteiger partial charge in [-0.1, -0.05) is 12.1 Å². The van der Waals surface area contributed by atoms with Gasteiger partial charge in [0, 0.05) is 28.2 Å². The number of oxazole rings is 1. The maximum Gasteiger partial charge on any atom is 0.335 e. The number of hydrogen-bond acceptors (Lipinski definition) is 3. The van der Waals surface area contributed by atoms with Gasteiger partial charge >= 0.3 is 5.97 Å². The van der Waals surface area contributed by atoms with E-state index in [0.29, 0.717) is 15.2 Å². The average molecular weight is 315 g/mol. The molecule has 0 bridgehead atoms. The van der Waals surface area contributed by atoms with Gasteiger partial charge in [-0.05, 0) is 12.1 Å². The minimum absolute atomic E-state index is 0.235. The minimum Gasteiger partial charge on any atom is -0.478 e. The summed E-state index contributed by atoms with van der Waals surface area (Å²) < 4.78 is 5.82. The summed E-state index contributed by atoms with van der Waals surface area (Å²) in [6, 6.07) is 6.54. The topological polar surface area (TPSA) is 63.3 Å². The summed E-state index contributed by atoms with van der Waals surface area (Å²) in [5, 5.41) is 8.81. The van der Waals surface area contributed by atoms with Crippen molar-refractivity contribution in [2.45, 2.75) is 0 Å². The third-order valence-electron chi connectivity index (χ3n) is 1.87. The average Bonchev–Trinajstić information content (AvgIpc) is 2.65. The fraction of sp³-hybridized carbons (Fsp3) is 0. The summed E-state index contributed by atoms with van der Waals surface area (Å²) in [5.41, 5.74) is 0.948. The molecule has 2 rings (SSSR count). The maximum atomic E-state index is 10.7. The Labute approximate surface area is 99.1 Å². The molecular weight excluding hydrogens is 309 g/mol. The van der Waals surface area contributed by atoms with Gasteiger partial charge in [-0.2, -0.15) is 0 Å². The van der Waals surface area contributed by atoms with Crippen molar-refractivity contribution in [1.29, 1.82) is 0 Å². The number of halogens is 1. The Hall–Kier alpha value is -1.37. The van der Waals surface area contributed by atoms with Crippen molar-refractivity contribution in [1.82, 2.24) is 4.98 Å². The van der Waals surface area contributed by atoms with Crippen LogP contribution in [-0.2, 0) is 0 Å². The number of hydrogen-bond donors (Lipinski definition) is 1. The summed E-state index contributed by atoms with van der Waals surface area (Å²) in [6.07, 6.45) is 1.57. The van der Waals surface area contributed by atoms with Crippen LogP contribution in [0.2, 0.25) is 0 Å². The van der Waals surface area contributed by atoms with Gasteiger partial charge in [0.2, 0.25) is 0 Å². The lowest BCUT2D eigenvalue weighted by atomic mass is 10.1. The van der Waals surface area contributed by atoms with Gasteiger partial charge in [0.15, 0.2) is 5.76 Å². The van der Waals surface area contributed by atoms with Crippen LogP contribution in [0, 0.1) is 3.90 Å². The number of aromatic carboxylic acids is 1. The summed E-state index contributed by atoms with van der Waals surface area (Å²) in [6.45, 7) is 0. The molecule has 15 heavy (non-hydrogen) atoms. The lowest BCUT2D eigenvalue weighted by molar-refractivity contribution is 0.0697. The van der Waals surface area contributed by atoms with Crippen LogP contribution >= 0.6 is 22.6 Å². The molecule has 1 N–H and O–H groups in total. The molecule has 5 heteroatoms. The second kappa shape index (κ2) is 4.01. The van der Waals surface area contributed by atoms with Gasteiger partial charge in [-0.15, -0.1) is 0 Å². The highest BCUT2D eigenvalue weighted by molar-refractivity contribution is 14.1. The second-order valence-electron chi connectivity index (χ2n) is 2.86. The third kappa shape index (κ3) is 2.17. The highest BCUT2D eigenvalue weighted by Crippen LogP contribution is 2.21. The third-order valence-corrected chi connectivity index (χ3v) is 2.37. The monoisotopic (exact) mass is 315 g/mol. The van der Waals surface area contributed by atoms with Crippen molar-refractivity contribution in [3.63, 3.8) is 0 Å². The molecule has 4 nitrogen and oxygen atoms in total. The van der Waals surface area contributed by atoms with E-state index in [4.69, 9.17) is 9.52 Å². The number of nitrogens with zero attached hydrogens (tertiary/aromatic N) is 1. The van der Waals surface area contributed by atoms with Crippen LogP contribution in [0.5, 0.6) is 0 Å². The van der Waals surface area contributed by atoms with Gasteiger partial charge in [-0.3, -0.25) is 0 Å². The Morgan fingerprint density at radius 1 is 1.47 bits per heavy atom. The summed E-state index contributed by atoms with van der Waals surface area (Å²) in [4.78, 5) is 14.7. The Morgan fingerprint density at radius 2 is 2.27 bits per heavy atom. The molecule has 0 spiro atoms. The van der Waals surface area contributed by atoms with Crippen LogP contribution < -0.4 is 0 Å². The van der Waals surface area contributed by atoms with E-state index in [1.807, 2.05) is 22.6 Å². The van der Waals surface area contributed by atoms with Crippen LogP contribution in [0.1, 0.15) is 10.4 Å². The molecule has 0 saturated carbocycles. The molecule has 0 aliphatic heterocycles. The molecule has 1 aromatic heterocycles. The summed E-state index contributed by atoms with van der Waals surface area (Å²) >= 11 is 1.96. The Morgan fingerprint density at radius 3 is 2.87 bits per heavy atom. The lowest BCUT2D eigenvalue weighted by Gasteiger charge is -1.97. The first kappa shape index (κ1) is 10.2. The van der Waals surface area contributed by atoms with Crippen molar-refractivity contribution in [3.8, 4) is 11.3 Å². The quantitative estimate of drug-likeness (QED) is 0.866. The Kier molecular flexibility index (Phi) is 2.72. The molecular formula is C10H6INO3. The standard InChI is InChI=1S/C10H6INO3/c11-10-12-5-8(15-10)6-2-1-3-7(4-6)9(13)14/h1-5H,(H,13,14). The second-order valence-corrected chi connectivity index (χ2v) is 3.79. The largest absolute Gasteiger partial charge is 0.478 e. The van der Waals surface area contributed by atoms with Crippen LogP contribution in [0.3, 0.4) is 0 Å². The predicted molar refractivity (Wildman–Crippen MR) is 61.6 cm³/mol. The first-order valence-corrected chi connectivity index (χ1v) is 5.20. The zero-order valence-electron chi connectivity index (χ0n) is 7.48. The minimum atomic E-state index is -0.953. The molecule has 76 valence electrons. The molecule has 0 saturated heterocycles. The van der Waals surface area contributed by atoms with Crippen molar-refractivity contribution < 1.29 is 14.3 Å². The van der Waals surface area contributed by atoms with E-state index in [1.165, 1.54) is 6.07 Å². The molecule has 1 heterocycles. The van der Waals surface area contributed by atoms with E-state index in [2.05, 4.69) is 4.98 Å². The van der Waals surface area contributed by atoms with Gasteiger partial charge in [0.25, 0.3) is 3.90 Å². The highest BCUT2D eigenvalue weighted by Gasteiger charge is 2.07. The van der Waals surface area contributed by atoms with E-state index in [1.54, 1.807) is 24.4 Å². The number of aromatic nitrogens is 1. The van der Waals surface area contributed by atoms with Crippen LogP contribution in [0.15, 0.2) is 34.9 Å². The van der Waals surface area contributed by atoms with Crippen LogP contribution in [0.4, 0.5) is 0 Å². The first-order chi connectivity index (χ1) is 7.16. The highest BCUT2D eigenvalue weighted by atomic mass is 127. The summed E-state index contributed by atoms with van der Waals surface area (Å²) in [5.74, 6) is -0.381. The molecule has 2 aromatic rings. The molecule has 0 fully saturated rings. The van der Waals surface area contributed by atoms with Gasteiger partial charge in [0.1, 0.15) is 0 Å². The van der Waals surface area contributed by atoms with E-state index >= 15 is 0 Å². The number of carboxylic acid groups (broad SMARTS) is 1.